The van der Waals surface area contributed by atoms with Gasteiger partial charge in [-0.05, 0) is 120 Å². The topological polar surface area (TPSA) is 81.9 Å². The van der Waals surface area contributed by atoms with Crippen molar-refractivity contribution in [1.29, 1.82) is 0 Å². The second-order valence-corrected chi connectivity index (χ2v) is 12.5. The van der Waals surface area contributed by atoms with Crippen molar-refractivity contribution in [3.63, 3.8) is 0 Å². The number of halogens is 2. The van der Waals surface area contributed by atoms with Crippen molar-refractivity contribution in [1.82, 2.24) is 4.57 Å². The first kappa shape index (κ1) is 29.5. The fourth-order valence-corrected chi connectivity index (χ4v) is 7.83. The first-order valence-electron chi connectivity index (χ1n) is 13.0. The number of hydrogen-bond acceptors (Lipinski definition) is 6. The summed E-state index contributed by atoms with van der Waals surface area (Å²) < 4.78 is 15.5. The van der Waals surface area contributed by atoms with Crippen LogP contribution in [0.2, 0.25) is 0 Å². The van der Waals surface area contributed by atoms with E-state index in [1.807, 2.05) is 93.6 Å². The Bertz CT molecular complexity index is 1790. The number of benzene rings is 3. The number of nitrogens with zero attached hydrogens (tertiary/aromatic N) is 2. The molecular weight excluding hydrogens is 764 g/mol. The summed E-state index contributed by atoms with van der Waals surface area (Å²) in [5.74, 6) is 1.26. The highest BCUT2D eigenvalue weighted by atomic mass is 127. The minimum Gasteiger partial charge on any atom is -0.494 e. The standard InChI is InChI=1S/C31H27I2N3O4S/c1-4-39-22-13-11-20(12-14-22)27-26(29(37)35-21-9-7-6-8-10-21)18(3)34-31-36(27)30(38)25(41-31)17-19-15-23(32)28(40-5-2)24(33)16-19/h6-17,27H,4-5H2,1-3H3,(H,35,37)/b25-17-/t27-/m0/s1. The molecule has 10 heteroatoms. The second-order valence-electron chi connectivity index (χ2n) is 9.15. The van der Waals surface area contributed by atoms with Crippen LogP contribution in [-0.4, -0.2) is 23.7 Å². The molecule has 1 atom stereocenters. The quantitative estimate of drug-likeness (QED) is 0.226. The van der Waals surface area contributed by atoms with Crippen LogP contribution in [-0.2, 0) is 4.79 Å². The maximum Gasteiger partial charge on any atom is 0.271 e. The zero-order valence-corrected chi connectivity index (χ0v) is 27.7. The van der Waals surface area contributed by atoms with E-state index in [2.05, 4.69) is 50.5 Å². The number of carbonyl (C=O) groups is 1. The fourth-order valence-electron chi connectivity index (χ4n) is 4.66. The number of anilines is 1. The third kappa shape index (κ3) is 6.28. The number of thiazole rings is 1. The van der Waals surface area contributed by atoms with Crippen LogP contribution in [0.3, 0.4) is 0 Å². The smallest absolute Gasteiger partial charge is 0.271 e. The van der Waals surface area contributed by atoms with E-state index in [9.17, 15) is 9.59 Å². The normalized spacial score (nSPS) is 14.9. The van der Waals surface area contributed by atoms with Crippen LogP contribution >= 0.6 is 56.5 Å². The maximum atomic E-state index is 14.0. The molecule has 2 heterocycles. The SMILES string of the molecule is CCOc1ccc([C@H]2C(C(=O)Nc3ccccc3)=C(C)N=c3s/c(=C\c4cc(I)c(OCC)c(I)c4)c(=O)n32)cc1. The fraction of sp³-hybridized carbons (Fsp3) is 0.194. The van der Waals surface area contributed by atoms with Crippen LogP contribution < -0.4 is 29.7 Å². The van der Waals surface area contributed by atoms with Crippen LogP contribution in [0.5, 0.6) is 11.5 Å². The molecule has 41 heavy (non-hydrogen) atoms. The Balaban J connectivity index is 1.64. The van der Waals surface area contributed by atoms with E-state index in [-0.39, 0.29) is 11.5 Å². The van der Waals surface area contributed by atoms with Crippen molar-refractivity contribution in [2.24, 2.45) is 4.99 Å². The van der Waals surface area contributed by atoms with Gasteiger partial charge in [-0.25, -0.2) is 4.99 Å². The number of para-hydroxylation sites is 1. The molecule has 1 aliphatic heterocycles. The lowest BCUT2D eigenvalue weighted by atomic mass is 9.95. The molecule has 0 aliphatic carbocycles. The number of nitrogens with one attached hydrogen (secondary N) is 1. The minimum absolute atomic E-state index is 0.205. The number of hydrogen-bond donors (Lipinski definition) is 1. The van der Waals surface area contributed by atoms with E-state index in [4.69, 9.17) is 14.5 Å². The van der Waals surface area contributed by atoms with Gasteiger partial charge in [0.2, 0.25) is 0 Å². The monoisotopic (exact) mass is 791 g/mol. The van der Waals surface area contributed by atoms with Crippen LogP contribution in [0.1, 0.15) is 37.9 Å². The van der Waals surface area contributed by atoms with Gasteiger partial charge >= 0.3 is 0 Å². The number of carbonyl (C=O) groups excluding carboxylic acids is 1. The Labute approximate surface area is 268 Å². The number of ether oxygens (including phenoxy) is 2. The molecule has 7 nitrogen and oxygen atoms in total. The van der Waals surface area contributed by atoms with Crippen LogP contribution in [0.15, 0.2) is 87.8 Å². The number of fused-ring (bicyclic) bond motifs is 1. The van der Waals surface area contributed by atoms with Crippen LogP contribution in [0.25, 0.3) is 6.08 Å². The van der Waals surface area contributed by atoms with Gasteiger partial charge < -0.3 is 14.8 Å². The summed E-state index contributed by atoms with van der Waals surface area (Å²) in [6, 6.07) is 20.1. The molecule has 1 N–H and O–H groups in total. The third-order valence-corrected chi connectivity index (χ3v) is 9.00. The molecule has 0 saturated heterocycles. The van der Waals surface area contributed by atoms with Crippen molar-refractivity contribution in [3.05, 3.63) is 116 Å². The summed E-state index contributed by atoms with van der Waals surface area (Å²) >= 11 is 5.82. The first-order valence-corrected chi connectivity index (χ1v) is 16.0. The van der Waals surface area contributed by atoms with Crippen molar-refractivity contribution in [2.45, 2.75) is 26.8 Å². The van der Waals surface area contributed by atoms with Gasteiger partial charge in [0.25, 0.3) is 11.5 Å². The molecule has 0 spiro atoms. The van der Waals surface area contributed by atoms with E-state index in [1.165, 1.54) is 11.3 Å². The number of rotatable bonds is 8. The van der Waals surface area contributed by atoms with E-state index >= 15 is 0 Å². The molecule has 0 fully saturated rings. The van der Waals surface area contributed by atoms with Gasteiger partial charge in [-0.15, -0.1) is 0 Å². The molecule has 210 valence electrons. The largest absolute Gasteiger partial charge is 0.494 e. The average Bonchev–Trinajstić information content (AvgIpc) is 3.25. The Morgan fingerprint density at radius 1 is 1.02 bits per heavy atom. The Kier molecular flexibility index (Phi) is 9.29. The lowest BCUT2D eigenvalue weighted by molar-refractivity contribution is -0.113. The highest BCUT2D eigenvalue weighted by Gasteiger charge is 2.32. The predicted molar refractivity (Wildman–Crippen MR) is 179 cm³/mol. The molecule has 1 aliphatic rings. The zero-order valence-electron chi connectivity index (χ0n) is 22.6. The lowest BCUT2D eigenvalue weighted by Gasteiger charge is -2.25. The predicted octanol–water partition coefficient (Wildman–Crippen LogP) is 5.88. The first-order chi connectivity index (χ1) is 19.8. The van der Waals surface area contributed by atoms with Gasteiger partial charge in [-0.2, -0.15) is 0 Å². The number of amides is 1. The van der Waals surface area contributed by atoms with Crippen molar-refractivity contribution >= 4 is 74.2 Å². The molecule has 4 aromatic rings. The molecule has 0 unspecified atom stereocenters. The van der Waals surface area contributed by atoms with Gasteiger partial charge in [-0.1, -0.05) is 41.7 Å². The maximum absolute atomic E-state index is 14.0. The van der Waals surface area contributed by atoms with Crippen molar-refractivity contribution < 1.29 is 14.3 Å². The van der Waals surface area contributed by atoms with Crippen molar-refractivity contribution in [2.75, 3.05) is 18.5 Å². The lowest BCUT2D eigenvalue weighted by Crippen LogP contribution is -2.40. The van der Waals surface area contributed by atoms with Gasteiger partial charge in [0.15, 0.2) is 4.80 Å². The van der Waals surface area contributed by atoms with Crippen molar-refractivity contribution in [3.8, 4) is 11.5 Å². The Hall–Kier alpha value is -2.97. The molecule has 0 bridgehead atoms. The molecule has 5 rings (SSSR count). The molecular formula is C31H27I2N3O4S. The van der Waals surface area contributed by atoms with Gasteiger partial charge in [0, 0.05) is 5.69 Å². The number of aromatic nitrogens is 1. The van der Waals surface area contributed by atoms with Crippen LogP contribution in [0, 0.1) is 7.14 Å². The van der Waals surface area contributed by atoms with E-state index in [0.717, 1.165) is 29.8 Å². The van der Waals surface area contributed by atoms with E-state index in [1.54, 1.807) is 4.57 Å². The van der Waals surface area contributed by atoms with Gasteiger partial charge in [-0.3, -0.25) is 14.2 Å². The molecule has 1 amide bonds. The Morgan fingerprint density at radius 3 is 2.32 bits per heavy atom. The third-order valence-electron chi connectivity index (χ3n) is 6.41. The molecule has 1 aromatic heterocycles. The number of allylic oxidation sites excluding steroid dienone is 1. The summed E-state index contributed by atoms with van der Waals surface area (Å²) in [7, 11) is 0. The average molecular weight is 791 g/mol. The van der Waals surface area contributed by atoms with E-state index < -0.39 is 6.04 Å². The highest BCUT2D eigenvalue weighted by Crippen LogP contribution is 2.32. The van der Waals surface area contributed by atoms with Crippen LogP contribution in [0.4, 0.5) is 5.69 Å². The molecule has 0 radical (unpaired) electrons. The van der Waals surface area contributed by atoms with Gasteiger partial charge in [0.1, 0.15) is 11.5 Å². The summed E-state index contributed by atoms with van der Waals surface area (Å²) in [5.41, 5.74) is 3.13. The summed E-state index contributed by atoms with van der Waals surface area (Å²) in [6.45, 7) is 6.82. The summed E-state index contributed by atoms with van der Waals surface area (Å²) in [6.07, 6.45) is 1.88. The zero-order chi connectivity index (χ0) is 29.1. The molecule has 3 aromatic carbocycles. The highest BCUT2D eigenvalue weighted by molar-refractivity contribution is 14.1. The van der Waals surface area contributed by atoms with Gasteiger partial charge in [0.05, 0.1) is 42.2 Å². The summed E-state index contributed by atoms with van der Waals surface area (Å²) in [4.78, 5) is 33.0. The summed E-state index contributed by atoms with van der Waals surface area (Å²) in [5, 5.41) is 2.98. The minimum atomic E-state index is -0.659. The molecule has 0 saturated carbocycles. The van der Waals surface area contributed by atoms with E-state index in [0.29, 0.717) is 39.5 Å². The Morgan fingerprint density at radius 2 is 1.68 bits per heavy atom. The second kappa shape index (κ2) is 12.9.